The summed E-state index contributed by atoms with van der Waals surface area (Å²) >= 11 is 0. The minimum absolute atomic E-state index is 0.000697. The molecule has 0 amide bonds. The highest BCUT2D eigenvalue weighted by molar-refractivity contribution is 5.93. The summed E-state index contributed by atoms with van der Waals surface area (Å²) in [5.74, 6) is -1.20. The molecule has 104 valence electrons. The molecule has 0 aliphatic heterocycles. The van der Waals surface area contributed by atoms with Crippen LogP contribution in [0.1, 0.15) is 15.9 Å². The van der Waals surface area contributed by atoms with Gasteiger partial charge in [0.1, 0.15) is 18.0 Å². The largest absolute Gasteiger partial charge is 0.504 e. The first-order valence-corrected chi connectivity index (χ1v) is 5.89. The molecule has 0 bridgehead atoms. The van der Waals surface area contributed by atoms with E-state index in [4.69, 9.17) is 9.47 Å². The highest BCUT2D eigenvalue weighted by atomic mass is 19.1. The fourth-order valence-electron chi connectivity index (χ4n) is 1.71. The van der Waals surface area contributed by atoms with Crippen LogP contribution in [0.4, 0.5) is 4.39 Å². The number of methoxy groups -OCH3 is 1. The van der Waals surface area contributed by atoms with Crippen LogP contribution in [0.25, 0.3) is 0 Å². The molecule has 2 rings (SSSR count). The van der Waals surface area contributed by atoms with E-state index in [0.29, 0.717) is 5.56 Å². The standard InChI is InChI=1S/C15H13FO4/c1-19-13-7-3-6-12(14(13)17)15(18)20-9-10-4-2-5-11(16)8-10/h2-8,17H,9H2,1H3. The minimum atomic E-state index is -0.703. The van der Waals surface area contributed by atoms with Crippen molar-refractivity contribution in [3.63, 3.8) is 0 Å². The first-order chi connectivity index (χ1) is 9.61. The van der Waals surface area contributed by atoms with Gasteiger partial charge in [-0.05, 0) is 29.8 Å². The quantitative estimate of drug-likeness (QED) is 0.872. The maximum atomic E-state index is 13.0. The Kier molecular flexibility index (Phi) is 4.20. The molecule has 0 spiro atoms. The van der Waals surface area contributed by atoms with Gasteiger partial charge >= 0.3 is 5.97 Å². The first-order valence-electron chi connectivity index (χ1n) is 5.89. The number of aromatic hydroxyl groups is 1. The summed E-state index contributed by atoms with van der Waals surface area (Å²) in [6, 6.07) is 10.3. The van der Waals surface area contributed by atoms with Crippen molar-refractivity contribution in [2.45, 2.75) is 6.61 Å². The topological polar surface area (TPSA) is 55.8 Å². The van der Waals surface area contributed by atoms with Gasteiger partial charge in [-0.3, -0.25) is 0 Å². The molecular formula is C15H13FO4. The number of phenolic OH excluding ortho intramolecular Hbond substituents is 1. The summed E-state index contributed by atoms with van der Waals surface area (Å²) in [4.78, 5) is 11.9. The second kappa shape index (κ2) is 6.06. The van der Waals surface area contributed by atoms with Crippen LogP contribution in [-0.2, 0) is 11.3 Å². The third-order valence-electron chi connectivity index (χ3n) is 2.70. The number of carbonyl (C=O) groups is 1. The van der Waals surface area contributed by atoms with E-state index in [-0.39, 0.29) is 23.7 Å². The average molecular weight is 276 g/mol. The fraction of sp³-hybridized carbons (Fsp3) is 0.133. The van der Waals surface area contributed by atoms with E-state index >= 15 is 0 Å². The lowest BCUT2D eigenvalue weighted by molar-refractivity contribution is 0.0468. The van der Waals surface area contributed by atoms with Crippen molar-refractivity contribution in [3.8, 4) is 11.5 Å². The number of ether oxygens (including phenoxy) is 2. The third kappa shape index (κ3) is 3.06. The number of hydrogen-bond acceptors (Lipinski definition) is 4. The molecule has 5 heteroatoms. The maximum Gasteiger partial charge on any atom is 0.342 e. The first kappa shape index (κ1) is 13.9. The zero-order valence-electron chi connectivity index (χ0n) is 10.8. The average Bonchev–Trinajstić information content (AvgIpc) is 2.45. The van der Waals surface area contributed by atoms with Crippen molar-refractivity contribution >= 4 is 5.97 Å². The lowest BCUT2D eigenvalue weighted by Gasteiger charge is -2.09. The summed E-state index contributed by atoms with van der Waals surface area (Å²) in [5, 5.41) is 9.81. The third-order valence-corrected chi connectivity index (χ3v) is 2.70. The number of benzene rings is 2. The van der Waals surface area contributed by atoms with Crippen molar-refractivity contribution in [1.29, 1.82) is 0 Å². The number of carbonyl (C=O) groups excluding carboxylic acids is 1. The number of rotatable bonds is 4. The zero-order valence-corrected chi connectivity index (χ0v) is 10.8. The molecule has 0 saturated carbocycles. The molecule has 0 aliphatic carbocycles. The molecule has 0 unspecified atom stereocenters. The van der Waals surface area contributed by atoms with Crippen molar-refractivity contribution in [1.82, 2.24) is 0 Å². The van der Waals surface area contributed by atoms with Crippen LogP contribution in [-0.4, -0.2) is 18.2 Å². The maximum absolute atomic E-state index is 13.0. The molecule has 1 N–H and O–H groups in total. The van der Waals surface area contributed by atoms with E-state index in [1.165, 1.54) is 37.4 Å². The van der Waals surface area contributed by atoms with E-state index in [0.717, 1.165) is 0 Å². The number of hydrogen-bond donors (Lipinski definition) is 1. The van der Waals surface area contributed by atoms with Gasteiger partial charge in [0.2, 0.25) is 0 Å². The van der Waals surface area contributed by atoms with Gasteiger partial charge in [0.25, 0.3) is 0 Å². The van der Waals surface area contributed by atoms with E-state index in [9.17, 15) is 14.3 Å². The van der Waals surface area contributed by atoms with Crippen LogP contribution in [0.15, 0.2) is 42.5 Å². The SMILES string of the molecule is COc1cccc(C(=O)OCc2cccc(F)c2)c1O. The molecule has 0 heterocycles. The summed E-state index contributed by atoms with van der Waals surface area (Å²) in [7, 11) is 1.39. The van der Waals surface area contributed by atoms with Crippen molar-refractivity contribution in [2.75, 3.05) is 7.11 Å². The Labute approximate surface area is 115 Å². The predicted molar refractivity (Wildman–Crippen MR) is 70.2 cm³/mol. The Bertz CT molecular complexity index is 625. The van der Waals surface area contributed by atoms with E-state index in [1.54, 1.807) is 12.1 Å². The molecule has 4 nitrogen and oxygen atoms in total. The normalized spacial score (nSPS) is 10.1. The molecule has 0 aromatic heterocycles. The van der Waals surface area contributed by atoms with Gasteiger partial charge in [0.15, 0.2) is 11.5 Å². The number of phenols is 1. The van der Waals surface area contributed by atoms with Gasteiger partial charge in [-0.15, -0.1) is 0 Å². The summed E-state index contributed by atoms with van der Waals surface area (Å²) in [6.07, 6.45) is 0. The van der Waals surface area contributed by atoms with Crippen LogP contribution in [0, 0.1) is 5.82 Å². The van der Waals surface area contributed by atoms with Gasteiger partial charge in [-0.25, -0.2) is 9.18 Å². The molecule has 0 saturated heterocycles. The summed E-state index contributed by atoms with van der Waals surface area (Å²) < 4.78 is 22.9. The Balaban J connectivity index is 2.09. The smallest absolute Gasteiger partial charge is 0.342 e. The molecule has 0 atom stereocenters. The van der Waals surface area contributed by atoms with Gasteiger partial charge < -0.3 is 14.6 Å². The second-order valence-corrected chi connectivity index (χ2v) is 4.06. The molecular weight excluding hydrogens is 263 g/mol. The molecule has 0 radical (unpaired) electrons. The van der Waals surface area contributed by atoms with Gasteiger partial charge in [-0.2, -0.15) is 0 Å². The molecule has 0 aliphatic rings. The van der Waals surface area contributed by atoms with Crippen LogP contribution in [0.2, 0.25) is 0 Å². The second-order valence-electron chi connectivity index (χ2n) is 4.06. The molecule has 20 heavy (non-hydrogen) atoms. The van der Waals surface area contributed by atoms with Crippen LogP contribution < -0.4 is 4.74 Å². The number of esters is 1. The molecule has 2 aromatic carbocycles. The Morgan fingerprint density at radius 3 is 2.70 bits per heavy atom. The Morgan fingerprint density at radius 1 is 1.25 bits per heavy atom. The van der Waals surface area contributed by atoms with Crippen molar-refractivity contribution in [3.05, 3.63) is 59.4 Å². The Morgan fingerprint density at radius 2 is 2.00 bits per heavy atom. The highest BCUT2D eigenvalue weighted by Gasteiger charge is 2.16. The fourth-order valence-corrected chi connectivity index (χ4v) is 1.71. The van der Waals surface area contributed by atoms with Gasteiger partial charge in [0.05, 0.1) is 7.11 Å². The highest BCUT2D eigenvalue weighted by Crippen LogP contribution is 2.29. The van der Waals surface area contributed by atoms with Gasteiger partial charge in [-0.1, -0.05) is 18.2 Å². The lowest BCUT2D eigenvalue weighted by Crippen LogP contribution is -2.06. The summed E-state index contributed by atoms with van der Waals surface area (Å²) in [5.41, 5.74) is 0.529. The van der Waals surface area contributed by atoms with E-state index in [2.05, 4.69) is 0 Å². The lowest BCUT2D eigenvalue weighted by atomic mass is 10.2. The Hall–Kier alpha value is -2.56. The zero-order chi connectivity index (χ0) is 14.5. The van der Waals surface area contributed by atoms with Crippen molar-refractivity contribution in [2.24, 2.45) is 0 Å². The summed E-state index contributed by atoms with van der Waals surface area (Å²) in [6.45, 7) is -0.0761. The van der Waals surface area contributed by atoms with Gasteiger partial charge in [0, 0.05) is 0 Å². The number of para-hydroxylation sites is 1. The van der Waals surface area contributed by atoms with Crippen molar-refractivity contribution < 1.29 is 23.8 Å². The number of halogens is 1. The van der Waals surface area contributed by atoms with E-state index in [1.807, 2.05) is 0 Å². The molecule has 0 fully saturated rings. The van der Waals surface area contributed by atoms with Crippen LogP contribution in [0.3, 0.4) is 0 Å². The van der Waals surface area contributed by atoms with Crippen LogP contribution in [0.5, 0.6) is 11.5 Å². The predicted octanol–water partition coefficient (Wildman–Crippen LogP) is 2.90. The van der Waals surface area contributed by atoms with Crippen LogP contribution >= 0.6 is 0 Å². The minimum Gasteiger partial charge on any atom is -0.504 e. The monoisotopic (exact) mass is 276 g/mol. The molecule has 2 aromatic rings. The van der Waals surface area contributed by atoms with E-state index < -0.39 is 11.8 Å².